The summed E-state index contributed by atoms with van der Waals surface area (Å²) in [6, 6.07) is 16.9. The van der Waals surface area contributed by atoms with Crippen molar-refractivity contribution in [3.05, 3.63) is 88.6 Å². The summed E-state index contributed by atoms with van der Waals surface area (Å²) in [4.78, 5) is 46.8. The number of hydrogen-bond acceptors (Lipinski definition) is 8. The fraction of sp³-hybridized carbons (Fsp3) is 0.444. The third kappa shape index (κ3) is 7.00. The highest BCUT2D eigenvalue weighted by molar-refractivity contribution is 6.05. The minimum atomic E-state index is -4.51. The average molecular weight is 678 g/mol. The molecule has 2 N–H and O–H groups in total. The number of carbonyl (C=O) groups excluding carboxylic acids is 3. The van der Waals surface area contributed by atoms with E-state index in [4.69, 9.17) is 4.74 Å². The highest BCUT2D eigenvalue weighted by atomic mass is 19.4. The fourth-order valence-electron chi connectivity index (χ4n) is 7.34. The van der Waals surface area contributed by atoms with Crippen molar-refractivity contribution in [2.45, 2.75) is 75.5 Å². The number of carbonyl (C=O) groups is 3. The predicted octanol–water partition coefficient (Wildman–Crippen LogP) is 4.39. The molecule has 10 nitrogen and oxygen atoms in total. The Morgan fingerprint density at radius 1 is 0.939 bits per heavy atom. The second kappa shape index (κ2) is 13.1. The van der Waals surface area contributed by atoms with E-state index in [1.807, 2.05) is 12.1 Å². The van der Waals surface area contributed by atoms with Crippen LogP contribution >= 0.6 is 0 Å². The van der Waals surface area contributed by atoms with Crippen LogP contribution < -0.4 is 15.0 Å². The number of imide groups is 1. The molecular formula is C36H38F3N5O5. The minimum absolute atomic E-state index is 0.00378. The van der Waals surface area contributed by atoms with Gasteiger partial charge in [0.1, 0.15) is 17.8 Å². The van der Waals surface area contributed by atoms with Crippen molar-refractivity contribution < 1.29 is 37.4 Å². The molecule has 4 aliphatic rings. The number of piperidine rings is 3. The number of aliphatic hydroxyl groups is 1. The summed E-state index contributed by atoms with van der Waals surface area (Å²) < 4.78 is 44.8. The van der Waals surface area contributed by atoms with Gasteiger partial charge in [-0.15, -0.1) is 0 Å². The number of amides is 3. The Kier molecular flexibility index (Phi) is 8.82. The van der Waals surface area contributed by atoms with Gasteiger partial charge in [-0.2, -0.15) is 13.2 Å². The van der Waals surface area contributed by atoms with Gasteiger partial charge in [-0.3, -0.25) is 24.6 Å². The molecule has 5 heterocycles. The number of hydrogen-bond donors (Lipinski definition) is 2. The monoisotopic (exact) mass is 677 g/mol. The zero-order valence-electron chi connectivity index (χ0n) is 26.9. The molecule has 1 unspecified atom stereocenters. The Morgan fingerprint density at radius 3 is 2.37 bits per heavy atom. The third-order valence-corrected chi connectivity index (χ3v) is 10.2. The van der Waals surface area contributed by atoms with E-state index in [2.05, 4.69) is 44.4 Å². The van der Waals surface area contributed by atoms with E-state index in [1.54, 1.807) is 6.07 Å². The largest absolute Gasteiger partial charge is 0.474 e. The van der Waals surface area contributed by atoms with Gasteiger partial charge in [-0.25, -0.2) is 4.98 Å². The molecule has 0 spiro atoms. The van der Waals surface area contributed by atoms with Crippen LogP contribution in [0.2, 0.25) is 0 Å². The Hall–Kier alpha value is -4.49. The number of likely N-dealkylation sites (tertiary alicyclic amines) is 1. The summed E-state index contributed by atoms with van der Waals surface area (Å²) in [5, 5.41) is 14.0. The van der Waals surface area contributed by atoms with Gasteiger partial charge in [0.25, 0.3) is 5.91 Å². The maximum absolute atomic E-state index is 13.1. The molecule has 3 amide bonds. The molecular weight excluding hydrogens is 639 g/mol. The molecule has 0 radical (unpaired) electrons. The van der Waals surface area contributed by atoms with Crippen molar-refractivity contribution >= 4 is 23.4 Å². The molecule has 3 fully saturated rings. The van der Waals surface area contributed by atoms with Crippen molar-refractivity contribution in [2.24, 2.45) is 0 Å². The molecule has 2 aromatic carbocycles. The lowest BCUT2D eigenvalue weighted by molar-refractivity contribution is -0.141. The van der Waals surface area contributed by atoms with E-state index in [0.717, 1.165) is 48.1 Å². The van der Waals surface area contributed by atoms with Crippen molar-refractivity contribution in [3.8, 4) is 5.88 Å². The molecule has 0 bridgehead atoms. The second-order valence-corrected chi connectivity index (χ2v) is 13.4. The van der Waals surface area contributed by atoms with Crippen LogP contribution in [0.5, 0.6) is 5.88 Å². The molecule has 0 aliphatic carbocycles. The van der Waals surface area contributed by atoms with Crippen molar-refractivity contribution in [3.63, 3.8) is 0 Å². The maximum Gasteiger partial charge on any atom is 0.433 e. The Bertz CT molecular complexity index is 1730. The summed E-state index contributed by atoms with van der Waals surface area (Å²) in [6.45, 7) is 3.86. The smallest absolute Gasteiger partial charge is 0.433 e. The summed E-state index contributed by atoms with van der Waals surface area (Å²) >= 11 is 0. The van der Waals surface area contributed by atoms with Crippen LogP contribution in [0, 0.1) is 0 Å². The number of alkyl halides is 3. The molecule has 0 saturated carbocycles. The molecule has 1 atom stereocenters. The van der Waals surface area contributed by atoms with Crippen LogP contribution in [0.25, 0.3) is 0 Å². The molecule has 3 aromatic rings. The Morgan fingerprint density at radius 2 is 1.67 bits per heavy atom. The molecule has 3 saturated heterocycles. The lowest BCUT2D eigenvalue weighted by atomic mass is 9.83. The third-order valence-electron chi connectivity index (χ3n) is 10.2. The molecule has 4 aliphatic heterocycles. The van der Waals surface area contributed by atoms with E-state index in [-0.39, 0.29) is 36.8 Å². The Balaban J connectivity index is 0.893. The number of anilines is 1. The zero-order chi connectivity index (χ0) is 34.3. The summed E-state index contributed by atoms with van der Waals surface area (Å²) in [7, 11) is 0. The number of ether oxygens (including phenoxy) is 1. The second-order valence-electron chi connectivity index (χ2n) is 13.4. The molecule has 258 valence electrons. The summed E-state index contributed by atoms with van der Waals surface area (Å²) in [5.41, 5.74) is 2.35. The van der Waals surface area contributed by atoms with Crippen LogP contribution in [-0.2, 0) is 34.5 Å². The number of nitrogens with one attached hydrogen (secondary N) is 1. The maximum atomic E-state index is 13.1. The van der Waals surface area contributed by atoms with Crippen molar-refractivity contribution in [1.29, 1.82) is 0 Å². The number of aromatic nitrogens is 1. The van der Waals surface area contributed by atoms with Crippen LogP contribution in [0.4, 0.5) is 18.9 Å². The first-order valence-corrected chi connectivity index (χ1v) is 16.7. The SMILES string of the molecule is O=C1CCC(N2Cc3cc(C4(O)CCN(Cc5ccc(N6CCC(Oc7cccc(C(F)(F)F)n7)CC6)cc5)CC4)ccc3C2=O)C(=O)N1. The zero-order valence-corrected chi connectivity index (χ0v) is 26.9. The molecule has 13 heteroatoms. The summed E-state index contributed by atoms with van der Waals surface area (Å²) in [5.74, 6) is -0.996. The van der Waals surface area contributed by atoms with Crippen LogP contribution in [0.1, 0.15) is 71.3 Å². The van der Waals surface area contributed by atoms with Crippen LogP contribution in [0.15, 0.2) is 60.7 Å². The number of pyridine rings is 1. The van der Waals surface area contributed by atoms with E-state index in [1.165, 1.54) is 17.0 Å². The quantitative estimate of drug-likeness (QED) is 0.354. The van der Waals surface area contributed by atoms with Crippen molar-refractivity contribution in [2.75, 3.05) is 31.1 Å². The molecule has 7 rings (SSSR count). The first-order chi connectivity index (χ1) is 23.4. The highest BCUT2D eigenvalue weighted by Gasteiger charge is 2.41. The van der Waals surface area contributed by atoms with Crippen molar-refractivity contribution in [1.82, 2.24) is 20.1 Å². The van der Waals surface area contributed by atoms with Gasteiger partial charge in [0, 0.05) is 75.8 Å². The standard InChI is InChI=1S/C36H38F3N5O5/c37-36(38,39)30-2-1-3-32(40-30)49-27-12-16-43(17-13-27)26-7-4-23(5-8-26)21-42-18-14-35(48,15-19-42)25-6-9-28-24(20-25)22-44(34(28)47)29-10-11-31(45)41-33(29)46/h1-9,20,27,29,48H,10-19,21-22H2,(H,41,45,46). The number of halogens is 3. The van der Waals surface area contributed by atoms with E-state index < -0.39 is 29.4 Å². The first kappa shape index (κ1) is 33.0. The number of benzene rings is 2. The van der Waals surface area contributed by atoms with E-state index in [0.29, 0.717) is 50.8 Å². The van der Waals surface area contributed by atoms with Gasteiger partial charge in [-0.05, 0) is 60.2 Å². The van der Waals surface area contributed by atoms with E-state index >= 15 is 0 Å². The van der Waals surface area contributed by atoms with Gasteiger partial charge in [0.15, 0.2) is 0 Å². The summed E-state index contributed by atoms with van der Waals surface area (Å²) in [6.07, 6.45) is -1.76. The number of nitrogens with zero attached hydrogens (tertiary/aromatic N) is 4. The van der Waals surface area contributed by atoms with Gasteiger partial charge < -0.3 is 19.6 Å². The number of fused-ring (bicyclic) bond motifs is 1. The number of rotatable bonds is 7. The predicted molar refractivity (Wildman–Crippen MR) is 172 cm³/mol. The molecule has 1 aromatic heterocycles. The Labute approximate surface area is 281 Å². The topological polar surface area (TPSA) is 115 Å². The van der Waals surface area contributed by atoms with Crippen LogP contribution in [-0.4, -0.2) is 75.9 Å². The fourth-order valence-corrected chi connectivity index (χ4v) is 7.34. The lowest BCUT2D eigenvalue weighted by Gasteiger charge is -2.39. The van der Waals surface area contributed by atoms with Gasteiger partial charge >= 0.3 is 6.18 Å². The first-order valence-electron chi connectivity index (χ1n) is 16.7. The average Bonchev–Trinajstić information content (AvgIpc) is 3.41. The van der Waals surface area contributed by atoms with Gasteiger partial charge in [0.2, 0.25) is 17.7 Å². The lowest BCUT2D eigenvalue weighted by Crippen LogP contribution is -2.52. The van der Waals surface area contributed by atoms with Crippen LogP contribution in [0.3, 0.4) is 0 Å². The van der Waals surface area contributed by atoms with Gasteiger partial charge in [0.05, 0.1) is 5.60 Å². The highest BCUT2D eigenvalue weighted by Crippen LogP contribution is 2.37. The molecule has 49 heavy (non-hydrogen) atoms. The van der Waals surface area contributed by atoms with E-state index in [9.17, 15) is 32.7 Å². The van der Waals surface area contributed by atoms with Gasteiger partial charge in [-0.1, -0.05) is 30.3 Å². The normalized spacial score (nSPS) is 21.9. The minimum Gasteiger partial charge on any atom is -0.474 e.